The summed E-state index contributed by atoms with van der Waals surface area (Å²) in [5, 5.41) is 9.79. The molecule has 0 amide bonds. The Bertz CT molecular complexity index is 628. The van der Waals surface area contributed by atoms with Crippen LogP contribution in [0.25, 0.3) is 0 Å². The summed E-state index contributed by atoms with van der Waals surface area (Å²) in [4.78, 5) is 11.7. The van der Waals surface area contributed by atoms with E-state index in [1.807, 2.05) is 30.3 Å². The molecule has 0 bridgehead atoms. The topological polar surface area (TPSA) is 37.3 Å². The average Bonchev–Trinajstić information content (AvgIpc) is 2.39. The Balaban J connectivity index is 2.47. The normalized spacial score (nSPS) is 13.8. The molecule has 104 valence electrons. The summed E-state index contributed by atoms with van der Waals surface area (Å²) >= 11 is 5.72. The van der Waals surface area contributed by atoms with Crippen LogP contribution in [0.5, 0.6) is 0 Å². The molecule has 2 aromatic rings. The third-order valence-corrected chi connectivity index (χ3v) is 3.63. The van der Waals surface area contributed by atoms with Gasteiger partial charge in [0.05, 0.1) is 5.41 Å². The van der Waals surface area contributed by atoms with Crippen LogP contribution in [-0.2, 0) is 16.6 Å². The minimum absolute atomic E-state index is 0.137. The lowest BCUT2D eigenvalue weighted by molar-refractivity contribution is -0.143. The smallest absolute Gasteiger partial charge is 0.314 e. The number of carbonyl (C=O) groups is 1. The zero-order chi connectivity index (χ0) is 14.8. The van der Waals surface area contributed by atoms with Crippen molar-refractivity contribution in [1.82, 2.24) is 0 Å². The van der Waals surface area contributed by atoms with E-state index < -0.39 is 17.2 Å². The van der Waals surface area contributed by atoms with E-state index in [1.165, 1.54) is 19.1 Å². The summed E-state index contributed by atoms with van der Waals surface area (Å²) in [6, 6.07) is 13.3. The van der Waals surface area contributed by atoms with Crippen molar-refractivity contribution in [1.29, 1.82) is 0 Å². The third-order valence-electron chi connectivity index (χ3n) is 3.40. The highest BCUT2D eigenvalue weighted by molar-refractivity contribution is 6.30. The Kier molecular flexibility index (Phi) is 4.09. The highest BCUT2D eigenvalue weighted by atomic mass is 35.5. The predicted molar refractivity (Wildman–Crippen MR) is 76.5 cm³/mol. The first-order valence-corrected chi connectivity index (χ1v) is 6.54. The molecular formula is C16H14ClFO2. The van der Waals surface area contributed by atoms with Crippen LogP contribution in [0.3, 0.4) is 0 Å². The van der Waals surface area contributed by atoms with E-state index in [4.69, 9.17) is 11.6 Å². The number of benzene rings is 2. The number of hydrogen-bond acceptors (Lipinski definition) is 1. The molecule has 1 atom stereocenters. The molecule has 1 N–H and O–H groups in total. The molecule has 0 heterocycles. The monoisotopic (exact) mass is 292 g/mol. The fourth-order valence-electron chi connectivity index (χ4n) is 2.23. The summed E-state index contributed by atoms with van der Waals surface area (Å²) in [6.45, 7) is 1.52. The van der Waals surface area contributed by atoms with Crippen LogP contribution >= 0.6 is 11.6 Å². The number of aliphatic carboxylic acids is 1. The zero-order valence-corrected chi connectivity index (χ0v) is 11.7. The van der Waals surface area contributed by atoms with Crippen LogP contribution in [0.4, 0.5) is 4.39 Å². The molecule has 0 aliphatic carbocycles. The Hall–Kier alpha value is -1.87. The molecule has 1 unspecified atom stereocenters. The van der Waals surface area contributed by atoms with Gasteiger partial charge in [-0.2, -0.15) is 0 Å². The van der Waals surface area contributed by atoms with E-state index >= 15 is 0 Å². The third kappa shape index (κ3) is 2.83. The maximum Gasteiger partial charge on any atom is 0.314 e. The van der Waals surface area contributed by atoms with Crippen molar-refractivity contribution in [3.05, 3.63) is 70.5 Å². The summed E-state index contributed by atoms with van der Waals surface area (Å²) in [7, 11) is 0. The van der Waals surface area contributed by atoms with Crippen molar-refractivity contribution in [2.24, 2.45) is 0 Å². The molecule has 0 aromatic heterocycles. The van der Waals surface area contributed by atoms with E-state index in [0.717, 1.165) is 11.6 Å². The SMILES string of the molecule is CC(Cc1ccccc1)(C(=O)O)c1ccc(Cl)cc1F. The van der Waals surface area contributed by atoms with Gasteiger partial charge in [-0.25, -0.2) is 4.39 Å². The van der Waals surface area contributed by atoms with Gasteiger partial charge in [0.1, 0.15) is 5.82 Å². The van der Waals surface area contributed by atoms with Gasteiger partial charge in [-0.3, -0.25) is 4.79 Å². The minimum Gasteiger partial charge on any atom is -0.481 e. The zero-order valence-electron chi connectivity index (χ0n) is 10.9. The number of rotatable bonds is 4. The Morgan fingerprint density at radius 1 is 1.25 bits per heavy atom. The van der Waals surface area contributed by atoms with Gasteiger partial charge >= 0.3 is 5.97 Å². The molecule has 0 saturated heterocycles. The fraction of sp³-hybridized carbons (Fsp3) is 0.188. The van der Waals surface area contributed by atoms with Crippen molar-refractivity contribution in [3.63, 3.8) is 0 Å². The lowest BCUT2D eigenvalue weighted by Gasteiger charge is -2.26. The van der Waals surface area contributed by atoms with Gasteiger partial charge in [0, 0.05) is 10.6 Å². The Morgan fingerprint density at radius 3 is 2.45 bits per heavy atom. The van der Waals surface area contributed by atoms with E-state index in [9.17, 15) is 14.3 Å². The van der Waals surface area contributed by atoms with E-state index in [2.05, 4.69) is 0 Å². The van der Waals surface area contributed by atoms with Crippen LogP contribution in [0.15, 0.2) is 48.5 Å². The van der Waals surface area contributed by atoms with E-state index in [0.29, 0.717) is 0 Å². The summed E-state index contributed by atoms with van der Waals surface area (Å²) in [6.07, 6.45) is 0.210. The Labute approximate surface area is 121 Å². The highest BCUT2D eigenvalue weighted by Gasteiger charge is 2.37. The summed E-state index contributed by atoms with van der Waals surface area (Å²) in [5.41, 5.74) is -0.360. The van der Waals surface area contributed by atoms with Crippen LogP contribution in [0.2, 0.25) is 5.02 Å². The summed E-state index contributed by atoms with van der Waals surface area (Å²) < 4.78 is 14.1. The van der Waals surface area contributed by atoms with Crippen LogP contribution in [-0.4, -0.2) is 11.1 Å². The van der Waals surface area contributed by atoms with E-state index in [1.54, 1.807) is 0 Å². The standard InChI is InChI=1S/C16H14ClFO2/c1-16(15(19)20,10-11-5-3-2-4-6-11)13-8-7-12(17)9-14(13)18/h2-9H,10H2,1H3,(H,19,20). The van der Waals surface area contributed by atoms with Gasteiger partial charge in [-0.05, 0) is 31.0 Å². The van der Waals surface area contributed by atoms with Crippen molar-refractivity contribution >= 4 is 17.6 Å². The lowest BCUT2D eigenvalue weighted by atomic mass is 9.77. The maximum absolute atomic E-state index is 14.1. The molecule has 2 rings (SSSR count). The highest BCUT2D eigenvalue weighted by Crippen LogP contribution is 2.32. The molecule has 4 heteroatoms. The van der Waals surface area contributed by atoms with Gasteiger partial charge in [0.25, 0.3) is 0 Å². The molecule has 0 radical (unpaired) electrons. The van der Waals surface area contributed by atoms with Crippen molar-refractivity contribution < 1.29 is 14.3 Å². The number of carboxylic acid groups (broad SMARTS) is 1. The van der Waals surface area contributed by atoms with E-state index in [-0.39, 0.29) is 17.0 Å². The quantitative estimate of drug-likeness (QED) is 0.922. The molecule has 0 aliphatic rings. The van der Waals surface area contributed by atoms with Gasteiger partial charge in [0.2, 0.25) is 0 Å². The van der Waals surface area contributed by atoms with Gasteiger partial charge in [0.15, 0.2) is 0 Å². The van der Waals surface area contributed by atoms with Crippen molar-refractivity contribution in [3.8, 4) is 0 Å². The fourth-order valence-corrected chi connectivity index (χ4v) is 2.39. The lowest BCUT2D eigenvalue weighted by Crippen LogP contribution is -2.35. The molecule has 20 heavy (non-hydrogen) atoms. The van der Waals surface area contributed by atoms with Crippen molar-refractivity contribution in [2.75, 3.05) is 0 Å². The second kappa shape index (κ2) is 5.63. The molecule has 0 aliphatic heterocycles. The summed E-state index contributed by atoms with van der Waals surface area (Å²) in [5.74, 6) is -1.67. The second-order valence-corrected chi connectivity index (χ2v) is 5.36. The first kappa shape index (κ1) is 14.5. The number of halogens is 2. The van der Waals surface area contributed by atoms with Gasteiger partial charge < -0.3 is 5.11 Å². The molecule has 2 aromatic carbocycles. The number of carboxylic acids is 1. The van der Waals surface area contributed by atoms with Crippen LogP contribution < -0.4 is 0 Å². The van der Waals surface area contributed by atoms with Crippen LogP contribution in [0, 0.1) is 5.82 Å². The first-order valence-electron chi connectivity index (χ1n) is 6.16. The second-order valence-electron chi connectivity index (χ2n) is 4.92. The molecule has 2 nitrogen and oxygen atoms in total. The van der Waals surface area contributed by atoms with Gasteiger partial charge in [-0.15, -0.1) is 0 Å². The predicted octanol–water partition coefficient (Wildman–Crippen LogP) is 4.06. The molecular weight excluding hydrogens is 279 g/mol. The first-order chi connectivity index (χ1) is 9.43. The Morgan fingerprint density at radius 2 is 1.90 bits per heavy atom. The average molecular weight is 293 g/mol. The van der Waals surface area contributed by atoms with Crippen LogP contribution in [0.1, 0.15) is 18.1 Å². The van der Waals surface area contributed by atoms with Gasteiger partial charge in [-0.1, -0.05) is 48.0 Å². The molecule has 0 saturated carbocycles. The minimum atomic E-state index is -1.34. The maximum atomic E-state index is 14.1. The molecule has 0 fully saturated rings. The largest absolute Gasteiger partial charge is 0.481 e. The van der Waals surface area contributed by atoms with Crippen molar-refractivity contribution in [2.45, 2.75) is 18.8 Å². The number of hydrogen-bond donors (Lipinski definition) is 1. The molecule has 0 spiro atoms.